The topological polar surface area (TPSA) is 91.3 Å². The van der Waals surface area contributed by atoms with E-state index < -0.39 is 5.97 Å². The molecule has 7 heteroatoms. The van der Waals surface area contributed by atoms with Crippen LogP contribution >= 0.6 is 0 Å². The first-order valence-corrected chi connectivity index (χ1v) is 7.87. The number of carboxylic acids is 1. The maximum atomic E-state index is 11.3. The molecule has 0 saturated carbocycles. The zero-order chi connectivity index (χ0) is 16.0. The highest BCUT2D eigenvalue weighted by molar-refractivity contribution is 5.69. The van der Waals surface area contributed by atoms with Crippen molar-refractivity contribution >= 4 is 11.9 Å². The van der Waals surface area contributed by atoms with Crippen LogP contribution in [0.5, 0.6) is 0 Å². The minimum Gasteiger partial charge on any atom is -0.481 e. The Bertz CT molecular complexity index is 313. The number of aliphatic carboxylic acids is 1. The van der Waals surface area contributed by atoms with E-state index >= 15 is 0 Å². The van der Waals surface area contributed by atoms with Crippen LogP contribution in [0, 0.1) is 0 Å². The lowest BCUT2D eigenvalue weighted by atomic mass is 10.2. The first kappa shape index (κ1) is 18.9. The van der Waals surface area contributed by atoms with Gasteiger partial charge in [-0.1, -0.05) is 0 Å². The van der Waals surface area contributed by atoms with E-state index in [1.54, 1.807) is 0 Å². The second-order valence-electron chi connectivity index (χ2n) is 5.10. The molecule has 1 N–H and O–H groups in total. The van der Waals surface area contributed by atoms with Crippen molar-refractivity contribution in [3.8, 4) is 0 Å². The van der Waals surface area contributed by atoms with Crippen molar-refractivity contribution in [2.24, 2.45) is 0 Å². The number of hydrogen-bond donors (Lipinski definition) is 1. The smallest absolute Gasteiger partial charge is 0.305 e. The van der Waals surface area contributed by atoms with Gasteiger partial charge < -0.3 is 24.1 Å². The number of rotatable bonds is 12. The number of ether oxygens (including phenoxy) is 4. The van der Waals surface area contributed by atoms with Gasteiger partial charge in [-0.25, -0.2) is 0 Å². The Balaban J connectivity index is 1.82. The molecule has 0 radical (unpaired) electrons. The van der Waals surface area contributed by atoms with Gasteiger partial charge in [0.05, 0.1) is 19.8 Å². The third kappa shape index (κ3) is 10.5. The predicted molar refractivity (Wildman–Crippen MR) is 77.4 cm³/mol. The molecule has 0 spiro atoms. The summed E-state index contributed by atoms with van der Waals surface area (Å²) in [5.41, 5.74) is 0. The van der Waals surface area contributed by atoms with Crippen molar-refractivity contribution in [2.45, 2.75) is 51.2 Å². The number of unbranched alkanes of at least 4 members (excludes halogenated alkanes) is 1. The maximum Gasteiger partial charge on any atom is 0.305 e. The lowest BCUT2D eigenvalue weighted by molar-refractivity contribution is -0.169. The Labute approximate surface area is 130 Å². The van der Waals surface area contributed by atoms with Gasteiger partial charge in [-0.2, -0.15) is 0 Å². The molecule has 1 saturated heterocycles. The maximum absolute atomic E-state index is 11.3. The number of carbonyl (C=O) groups excluding carboxylic acids is 1. The Hall–Kier alpha value is -1.18. The van der Waals surface area contributed by atoms with E-state index in [1.807, 2.05) is 0 Å². The normalized spacial score (nSPS) is 18.1. The van der Waals surface area contributed by atoms with Crippen molar-refractivity contribution in [3.05, 3.63) is 0 Å². The highest BCUT2D eigenvalue weighted by atomic mass is 16.7. The lowest BCUT2D eigenvalue weighted by Gasteiger charge is -2.22. The Morgan fingerprint density at radius 2 is 1.82 bits per heavy atom. The van der Waals surface area contributed by atoms with Crippen LogP contribution in [0.2, 0.25) is 0 Å². The zero-order valence-electron chi connectivity index (χ0n) is 13.0. The molecule has 1 rings (SSSR count). The van der Waals surface area contributed by atoms with Gasteiger partial charge >= 0.3 is 11.9 Å². The van der Waals surface area contributed by atoms with Gasteiger partial charge in [0, 0.05) is 19.4 Å². The van der Waals surface area contributed by atoms with Crippen LogP contribution in [0.1, 0.15) is 44.9 Å². The fourth-order valence-electron chi connectivity index (χ4n) is 2.02. The summed E-state index contributed by atoms with van der Waals surface area (Å²) in [5.74, 6) is -1.16. The average Bonchev–Trinajstić information content (AvgIpc) is 2.51. The number of esters is 1. The largest absolute Gasteiger partial charge is 0.481 e. The van der Waals surface area contributed by atoms with Crippen LogP contribution in [0.3, 0.4) is 0 Å². The zero-order valence-corrected chi connectivity index (χ0v) is 13.0. The molecule has 0 aromatic heterocycles. The van der Waals surface area contributed by atoms with Gasteiger partial charge in [-0.3, -0.25) is 9.59 Å². The van der Waals surface area contributed by atoms with Crippen LogP contribution in [-0.2, 0) is 28.5 Å². The quantitative estimate of drug-likeness (QED) is 0.433. The number of hydrogen-bond acceptors (Lipinski definition) is 6. The van der Waals surface area contributed by atoms with Gasteiger partial charge in [0.2, 0.25) is 0 Å². The minimum absolute atomic E-state index is 0.0844. The summed E-state index contributed by atoms with van der Waals surface area (Å²) in [7, 11) is 0. The van der Waals surface area contributed by atoms with Crippen LogP contribution < -0.4 is 0 Å². The minimum atomic E-state index is -0.845. The summed E-state index contributed by atoms with van der Waals surface area (Å²) < 4.78 is 21.2. The van der Waals surface area contributed by atoms with Crippen LogP contribution in [0.15, 0.2) is 0 Å². The summed E-state index contributed by atoms with van der Waals surface area (Å²) in [6.07, 6.45) is 4.39. The molecule has 1 aliphatic rings. The predicted octanol–water partition coefficient (Wildman–Crippen LogP) is 1.73. The van der Waals surface area contributed by atoms with Crippen molar-refractivity contribution in [1.82, 2.24) is 0 Å². The summed E-state index contributed by atoms with van der Waals surface area (Å²) in [6, 6.07) is 0. The van der Waals surface area contributed by atoms with Crippen molar-refractivity contribution in [2.75, 3.05) is 33.0 Å². The molecule has 0 aliphatic carbocycles. The molecule has 22 heavy (non-hydrogen) atoms. The third-order valence-corrected chi connectivity index (χ3v) is 3.18. The van der Waals surface area contributed by atoms with Gasteiger partial charge in [-0.15, -0.1) is 0 Å². The van der Waals surface area contributed by atoms with Crippen LogP contribution in [0.25, 0.3) is 0 Å². The molecule has 1 atom stereocenters. The molecular weight excluding hydrogens is 292 g/mol. The number of carbonyl (C=O) groups is 2. The van der Waals surface area contributed by atoms with E-state index in [4.69, 9.17) is 24.1 Å². The van der Waals surface area contributed by atoms with Gasteiger partial charge in [-0.05, 0) is 32.1 Å². The van der Waals surface area contributed by atoms with Crippen molar-refractivity contribution < 1.29 is 33.6 Å². The summed E-state index contributed by atoms with van der Waals surface area (Å²) in [4.78, 5) is 21.6. The molecule has 1 fully saturated rings. The summed E-state index contributed by atoms with van der Waals surface area (Å²) in [5, 5.41) is 8.46. The molecule has 1 aliphatic heterocycles. The second-order valence-corrected chi connectivity index (χ2v) is 5.10. The van der Waals surface area contributed by atoms with Crippen molar-refractivity contribution in [1.29, 1.82) is 0 Å². The van der Waals surface area contributed by atoms with Crippen LogP contribution in [0.4, 0.5) is 0 Å². The Morgan fingerprint density at radius 1 is 1.05 bits per heavy atom. The van der Waals surface area contributed by atoms with E-state index in [0.717, 1.165) is 25.9 Å². The van der Waals surface area contributed by atoms with E-state index in [9.17, 15) is 9.59 Å². The fraction of sp³-hybridized carbons (Fsp3) is 0.867. The monoisotopic (exact) mass is 318 g/mol. The molecular formula is C15H26O7. The highest BCUT2D eigenvalue weighted by Crippen LogP contribution is 2.13. The van der Waals surface area contributed by atoms with E-state index in [2.05, 4.69) is 0 Å². The second kappa shape index (κ2) is 12.4. The molecule has 1 heterocycles. The molecule has 0 amide bonds. The van der Waals surface area contributed by atoms with E-state index in [1.165, 1.54) is 0 Å². The third-order valence-electron chi connectivity index (χ3n) is 3.18. The molecule has 0 aromatic carbocycles. The summed E-state index contributed by atoms with van der Waals surface area (Å²) in [6.45, 7) is 2.20. The Morgan fingerprint density at radius 3 is 2.55 bits per heavy atom. The first-order valence-electron chi connectivity index (χ1n) is 7.87. The first-order chi connectivity index (χ1) is 10.7. The van der Waals surface area contributed by atoms with Crippen molar-refractivity contribution in [3.63, 3.8) is 0 Å². The molecule has 7 nitrogen and oxygen atoms in total. The summed E-state index contributed by atoms with van der Waals surface area (Å²) >= 11 is 0. The molecule has 128 valence electrons. The Kier molecular flexibility index (Phi) is 10.6. The fourth-order valence-corrected chi connectivity index (χ4v) is 2.02. The van der Waals surface area contributed by atoms with Gasteiger partial charge in [0.1, 0.15) is 6.61 Å². The van der Waals surface area contributed by atoms with E-state index in [-0.39, 0.29) is 31.7 Å². The molecule has 0 bridgehead atoms. The van der Waals surface area contributed by atoms with Crippen LogP contribution in [-0.4, -0.2) is 56.4 Å². The molecule has 0 aromatic rings. The number of carboxylic acid groups (broad SMARTS) is 1. The standard InChI is InChI=1S/C15H26O7/c16-13(17)5-1-2-6-14(18)20-11-9-19-10-12-22-15-7-3-4-8-21-15/h15H,1-12H2,(H,16,17). The SMILES string of the molecule is O=C(O)CCCCC(=O)OCCOCCOC1CCCCO1. The highest BCUT2D eigenvalue weighted by Gasteiger charge is 2.13. The van der Waals surface area contributed by atoms with E-state index in [0.29, 0.717) is 32.7 Å². The average molecular weight is 318 g/mol. The van der Waals surface area contributed by atoms with Gasteiger partial charge in [0.25, 0.3) is 0 Å². The molecule has 1 unspecified atom stereocenters. The lowest BCUT2D eigenvalue weighted by Crippen LogP contribution is -2.24. The van der Waals surface area contributed by atoms with Gasteiger partial charge in [0.15, 0.2) is 6.29 Å².